The zero-order chi connectivity index (χ0) is 28.2. The Morgan fingerprint density at radius 1 is 1.00 bits per heavy atom. The van der Waals surface area contributed by atoms with Gasteiger partial charge >= 0.3 is 0 Å². The second-order valence-corrected chi connectivity index (χ2v) is 10.0. The van der Waals surface area contributed by atoms with Crippen LogP contribution in [-0.2, 0) is 16.1 Å². The molecule has 1 unspecified atom stereocenters. The highest BCUT2D eigenvalue weighted by atomic mass is 16.5. The molecule has 0 aliphatic carbocycles. The van der Waals surface area contributed by atoms with Gasteiger partial charge in [0.05, 0.1) is 12.6 Å². The summed E-state index contributed by atoms with van der Waals surface area (Å²) in [7, 11) is 1.57. The van der Waals surface area contributed by atoms with Gasteiger partial charge < -0.3 is 10.1 Å². The summed E-state index contributed by atoms with van der Waals surface area (Å²) in [6.45, 7) is 7.19. The molecule has 1 heterocycles. The van der Waals surface area contributed by atoms with Crippen molar-refractivity contribution in [2.75, 3.05) is 12.0 Å². The highest BCUT2D eigenvalue weighted by molar-refractivity contribution is 6.02. The summed E-state index contributed by atoms with van der Waals surface area (Å²) in [5.41, 5.74) is 2.45. The molecule has 0 saturated heterocycles. The SMILES string of the molecule is CCC(C)(C)NC(=O)C(c1ccc(OC)cc1)N(C(=O)Cn1nnc2ccccc21)c1ccc(C(C)=O)cc1. The predicted octanol–water partition coefficient (Wildman–Crippen LogP) is 4.72. The number of methoxy groups -OCH3 is 1. The molecule has 0 spiro atoms. The van der Waals surface area contributed by atoms with Crippen LogP contribution in [0.5, 0.6) is 5.75 Å². The van der Waals surface area contributed by atoms with Gasteiger partial charge in [0.15, 0.2) is 5.78 Å². The number of rotatable bonds is 10. The number of anilines is 1. The lowest BCUT2D eigenvalue weighted by atomic mass is 9.98. The Bertz CT molecular complexity index is 1480. The van der Waals surface area contributed by atoms with E-state index in [1.165, 1.54) is 16.5 Å². The van der Waals surface area contributed by atoms with Gasteiger partial charge in [0, 0.05) is 16.8 Å². The third-order valence-electron chi connectivity index (χ3n) is 6.81. The Hall–Kier alpha value is -4.53. The molecule has 1 N–H and O–H groups in total. The average molecular weight is 528 g/mol. The van der Waals surface area contributed by atoms with Crippen molar-refractivity contribution in [1.29, 1.82) is 0 Å². The predicted molar refractivity (Wildman–Crippen MR) is 150 cm³/mol. The van der Waals surface area contributed by atoms with Crippen molar-refractivity contribution in [1.82, 2.24) is 20.3 Å². The third-order valence-corrected chi connectivity index (χ3v) is 6.81. The van der Waals surface area contributed by atoms with Gasteiger partial charge in [-0.05, 0) is 81.3 Å². The first-order valence-corrected chi connectivity index (χ1v) is 12.8. The fourth-order valence-electron chi connectivity index (χ4n) is 4.23. The lowest BCUT2D eigenvalue weighted by molar-refractivity contribution is -0.128. The Kier molecular flexibility index (Phi) is 8.09. The van der Waals surface area contributed by atoms with Crippen LogP contribution < -0.4 is 15.0 Å². The standard InChI is InChI=1S/C30H33N5O4/c1-6-30(3,4)31-29(38)28(22-13-17-24(39-5)18-14-22)35(23-15-11-21(12-16-23)20(2)36)27(37)19-34-26-10-8-7-9-25(26)32-33-34/h7-18,28H,6,19H2,1-5H3,(H,31,38). The zero-order valence-corrected chi connectivity index (χ0v) is 22.8. The summed E-state index contributed by atoms with van der Waals surface area (Å²) in [5.74, 6) is -0.168. The molecule has 0 saturated carbocycles. The fraction of sp³-hybridized carbons (Fsp3) is 0.300. The molecule has 1 aromatic heterocycles. The van der Waals surface area contributed by atoms with Crippen LogP contribution >= 0.6 is 0 Å². The first-order valence-electron chi connectivity index (χ1n) is 12.8. The molecule has 39 heavy (non-hydrogen) atoms. The summed E-state index contributed by atoms with van der Waals surface area (Å²) in [4.78, 5) is 41.5. The van der Waals surface area contributed by atoms with Gasteiger partial charge in [-0.25, -0.2) is 4.68 Å². The highest BCUT2D eigenvalue weighted by Gasteiger charge is 2.35. The maximum absolute atomic E-state index is 14.1. The van der Waals surface area contributed by atoms with Crippen LogP contribution in [0.3, 0.4) is 0 Å². The minimum atomic E-state index is -1.01. The van der Waals surface area contributed by atoms with E-state index in [4.69, 9.17) is 4.74 Å². The van der Waals surface area contributed by atoms with Crippen LogP contribution in [-0.4, -0.2) is 45.2 Å². The quantitative estimate of drug-likeness (QED) is 0.299. The normalized spacial score (nSPS) is 12.1. The molecule has 0 radical (unpaired) electrons. The minimum Gasteiger partial charge on any atom is -0.497 e. The van der Waals surface area contributed by atoms with Gasteiger partial charge in [0.25, 0.3) is 0 Å². The van der Waals surface area contributed by atoms with E-state index in [0.717, 1.165) is 0 Å². The number of ether oxygens (including phenoxy) is 1. The Morgan fingerprint density at radius 3 is 2.28 bits per heavy atom. The van der Waals surface area contributed by atoms with Gasteiger partial charge in [0.2, 0.25) is 11.8 Å². The Balaban J connectivity index is 1.83. The van der Waals surface area contributed by atoms with Gasteiger partial charge in [-0.2, -0.15) is 0 Å². The highest BCUT2D eigenvalue weighted by Crippen LogP contribution is 2.31. The van der Waals surface area contributed by atoms with Crippen LogP contribution in [0.2, 0.25) is 0 Å². The molecule has 0 aliphatic rings. The molecular formula is C30H33N5O4. The largest absolute Gasteiger partial charge is 0.497 e. The molecule has 1 atom stereocenters. The van der Waals surface area contributed by atoms with Crippen molar-refractivity contribution >= 4 is 34.3 Å². The van der Waals surface area contributed by atoms with Crippen molar-refractivity contribution in [2.45, 2.75) is 52.2 Å². The van der Waals surface area contributed by atoms with Crippen LogP contribution in [0.15, 0.2) is 72.8 Å². The Morgan fingerprint density at radius 2 is 1.67 bits per heavy atom. The number of hydrogen-bond acceptors (Lipinski definition) is 6. The summed E-state index contributed by atoms with van der Waals surface area (Å²) in [5, 5.41) is 11.4. The van der Waals surface area contributed by atoms with Gasteiger partial charge in [-0.1, -0.05) is 36.4 Å². The van der Waals surface area contributed by atoms with E-state index >= 15 is 0 Å². The number of nitrogens with zero attached hydrogens (tertiary/aromatic N) is 4. The van der Waals surface area contributed by atoms with Crippen molar-refractivity contribution < 1.29 is 19.1 Å². The van der Waals surface area contributed by atoms with Crippen molar-refractivity contribution in [3.8, 4) is 5.75 Å². The topological polar surface area (TPSA) is 106 Å². The summed E-state index contributed by atoms with van der Waals surface area (Å²) in [6, 6.07) is 20.1. The van der Waals surface area contributed by atoms with Crippen LogP contribution in [0.4, 0.5) is 5.69 Å². The first kappa shape index (κ1) is 27.5. The van der Waals surface area contributed by atoms with Crippen LogP contribution in [0.1, 0.15) is 56.1 Å². The van der Waals surface area contributed by atoms with E-state index in [9.17, 15) is 14.4 Å². The number of nitrogens with one attached hydrogen (secondary N) is 1. The maximum atomic E-state index is 14.1. The number of carbonyl (C=O) groups excluding carboxylic acids is 3. The monoisotopic (exact) mass is 527 g/mol. The summed E-state index contributed by atoms with van der Waals surface area (Å²) < 4.78 is 6.84. The molecule has 0 fully saturated rings. The van der Waals surface area contributed by atoms with Crippen LogP contribution in [0.25, 0.3) is 11.0 Å². The number of hydrogen-bond donors (Lipinski definition) is 1. The first-order chi connectivity index (χ1) is 18.6. The molecule has 4 rings (SSSR count). The minimum absolute atomic E-state index is 0.0948. The number of aromatic nitrogens is 3. The molecule has 2 amide bonds. The molecule has 4 aromatic rings. The molecule has 9 nitrogen and oxygen atoms in total. The van der Waals surface area contributed by atoms with E-state index in [-0.39, 0.29) is 24.1 Å². The van der Waals surface area contributed by atoms with Crippen molar-refractivity contribution in [3.63, 3.8) is 0 Å². The number of para-hydroxylation sites is 1. The molecule has 0 aliphatic heterocycles. The number of carbonyl (C=O) groups is 3. The summed E-state index contributed by atoms with van der Waals surface area (Å²) in [6.07, 6.45) is 0.695. The van der Waals surface area contributed by atoms with Crippen LogP contribution in [0, 0.1) is 0 Å². The molecule has 202 valence electrons. The lowest BCUT2D eigenvalue weighted by Crippen LogP contribution is -2.51. The number of amides is 2. The third kappa shape index (κ3) is 6.14. The summed E-state index contributed by atoms with van der Waals surface area (Å²) >= 11 is 0. The zero-order valence-electron chi connectivity index (χ0n) is 22.8. The second kappa shape index (κ2) is 11.5. The van der Waals surface area contributed by atoms with Gasteiger partial charge in [0.1, 0.15) is 23.9 Å². The number of benzene rings is 3. The lowest BCUT2D eigenvalue weighted by Gasteiger charge is -2.34. The number of Topliss-reactive ketones (excluding diaryl/α,β-unsaturated/α-hetero) is 1. The average Bonchev–Trinajstić information content (AvgIpc) is 3.34. The Labute approximate surface area is 227 Å². The molecule has 9 heteroatoms. The van der Waals surface area contributed by atoms with E-state index in [0.29, 0.717) is 40.0 Å². The smallest absolute Gasteiger partial charge is 0.249 e. The molecule has 0 bridgehead atoms. The van der Waals surface area contributed by atoms with Crippen molar-refractivity contribution in [2.24, 2.45) is 0 Å². The second-order valence-electron chi connectivity index (χ2n) is 10.0. The van der Waals surface area contributed by atoms with Gasteiger partial charge in [-0.15, -0.1) is 5.10 Å². The fourth-order valence-corrected chi connectivity index (χ4v) is 4.23. The van der Waals surface area contributed by atoms with E-state index in [2.05, 4.69) is 15.6 Å². The molecular weight excluding hydrogens is 494 g/mol. The number of ketones is 1. The van der Waals surface area contributed by atoms with E-state index in [1.807, 2.05) is 45.0 Å². The van der Waals surface area contributed by atoms with Crippen molar-refractivity contribution in [3.05, 3.63) is 83.9 Å². The maximum Gasteiger partial charge on any atom is 0.249 e. The van der Waals surface area contributed by atoms with Gasteiger partial charge in [-0.3, -0.25) is 19.3 Å². The molecule has 3 aromatic carbocycles. The van der Waals surface area contributed by atoms with E-state index < -0.39 is 11.6 Å². The number of fused-ring (bicyclic) bond motifs is 1. The van der Waals surface area contributed by atoms with E-state index in [1.54, 1.807) is 55.6 Å².